The lowest BCUT2D eigenvalue weighted by Crippen LogP contribution is -2.32. The highest BCUT2D eigenvalue weighted by Gasteiger charge is 2.18. The molecular formula is C12H16N2O4. The number of hydrogen-bond acceptors (Lipinski definition) is 4. The first-order valence-corrected chi connectivity index (χ1v) is 5.94. The number of aliphatic hydroxyl groups excluding tert-OH is 1. The zero-order chi connectivity index (χ0) is 13.0. The van der Waals surface area contributed by atoms with Crippen molar-refractivity contribution >= 4 is 5.91 Å². The van der Waals surface area contributed by atoms with Gasteiger partial charge in [-0.1, -0.05) is 0 Å². The van der Waals surface area contributed by atoms with E-state index in [0.717, 1.165) is 25.9 Å². The standard InChI is InChI=1S/C12H16N2O4/c15-7-9-5-10(16)11(6-13-9)18-8-12(17)14-3-1-2-4-14/h5-6,15H,1-4,7-8H2,(H,13,16). The number of pyridine rings is 1. The maximum absolute atomic E-state index is 11.7. The minimum absolute atomic E-state index is 0.0970. The van der Waals surface area contributed by atoms with E-state index in [4.69, 9.17) is 9.84 Å². The second-order valence-electron chi connectivity index (χ2n) is 4.22. The van der Waals surface area contributed by atoms with E-state index in [1.165, 1.54) is 12.3 Å². The Kier molecular flexibility index (Phi) is 3.99. The number of carbonyl (C=O) groups is 1. The predicted octanol–water partition coefficient (Wildman–Crippen LogP) is -0.132. The van der Waals surface area contributed by atoms with Crippen molar-refractivity contribution in [3.05, 3.63) is 28.2 Å². The third-order valence-corrected chi connectivity index (χ3v) is 2.92. The summed E-state index contributed by atoms with van der Waals surface area (Å²) in [5, 5.41) is 8.84. The van der Waals surface area contributed by atoms with E-state index in [9.17, 15) is 9.59 Å². The summed E-state index contributed by atoms with van der Waals surface area (Å²) in [6, 6.07) is 1.26. The van der Waals surface area contributed by atoms with Crippen molar-refractivity contribution in [1.82, 2.24) is 9.88 Å². The van der Waals surface area contributed by atoms with Crippen molar-refractivity contribution in [3.8, 4) is 5.75 Å². The van der Waals surface area contributed by atoms with Crippen LogP contribution in [0.4, 0.5) is 0 Å². The average Bonchev–Trinajstić information content (AvgIpc) is 2.90. The van der Waals surface area contributed by atoms with Gasteiger partial charge in [0.2, 0.25) is 5.43 Å². The summed E-state index contributed by atoms with van der Waals surface area (Å²) in [6.45, 7) is 1.17. The van der Waals surface area contributed by atoms with Crippen LogP contribution in [0.2, 0.25) is 0 Å². The SMILES string of the molecule is O=C(COc1c[nH]c(CO)cc1=O)N1CCCC1. The van der Waals surface area contributed by atoms with Crippen LogP contribution >= 0.6 is 0 Å². The summed E-state index contributed by atoms with van der Waals surface area (Å²) in [6.07, 6.45) is 3.42. The Hall–Kier alpha value is -1.82. The Morgan fingerprint density at radius 1 is 1.44 bits per heavy atom. The molecule has 1 saturated heterocycles. The Morgan fingerprint density at radius 2 is 2.17 bits per heavy atom. The molecule has 6 nitrogen and oxygen atoms in total. The molecule has 1 aromatic heterocycles. The van der Waals surface area contributed by atoms with Crippen LogP contribution in [0, 0.1) is 0 Å². The smallest absolute Gasteiger partial charge is 0.260 e. The van der Waals surface area contributed by atoms with Gasteiger partial charge in [0, 0.05) is 31.0 Å². The number of nitrogens with one attached hydrogen (secondary N) is 1. The molecule has 18 heavy (non-hydrogen) atoms. The molecule has 1 aromatic rings. The highest BCUT2D eigenvalue weighted by atomic mass is 16.5. The number of ether oxygens (including phenoxy) is 1. The first kappa shape index (κ1) is 12.6. The quantitative estimate of drug-likeness (QED) is 0.782. The highest BCUT2D eigenvalue weighted by Crippen LogP contribution is 2.08. The number of carbonyl (C=O) groups excluding carboxylic acids is 1. The number of aromatic nitrogens is 1. The van der Waals surface area contributed by atoms with Crippen molar-refractivity contribution in [2.24, 2.45) is 0 Å². The van der Waals surface area contributed by atoms with Gasteiger partial charge in [0.15, 0.2) is 12.4 Å². The van der Waals surface area contributed by atoms with Crippen LogP contribution in [-0.4, -0.2) is 40.6 Å². The molecule has 0 atom stereocenters. The van der Waals surface area contributed by atoms with Crippen LogP contribution in [0.3, 0.4) is 0 Å². The van der Waals surface area contributed by atoms with Gasteiger partial charge in [0.25, 0.3) is 5.91 Å². The largest absolute Gasteiger partial charge is 0.478 e. The number of rotatable bonds is 4. The van der Waals surface area contributed by atoms with Crippen LogP contribution in [0.15, 0.2) is 17.1 Å². The molecule has 0 saturated carbocycles. The van der Waals surface area contributed by atoms with E-state index in [0.29, 0.717) is 5.69 Å². The topological polar surface area (TPSA) is 82.6 Å². The van der Waals surface area contributed by atoms with Gasteiger partial charge in [0.1, 0.15) is 0 Å². The summed E-state index contributed by atoms with van der Waals surface area (Å²) in [7, 11) is 0. The third-order valence-electron chi connectivity index (χ3n) is 2.92. The second kappa shape index (κ2) is 5.68. The third kappa shape index (κ3) is 2.89. The molecule has 1 aliphatic rings. The maximum atomic E-state index is 11.7. The molecule has 0 aromatic carbocycles. The molecule has 0 bridgehead atoms. The Labute approximate surface area is 104 Å². The molecule has 6 heteroatoms. The Morgan fingerprint density at radius 3 is 2.78 bits per heavy atom. The number of amides is 1. The van der Waals surface area contributed by atoms with Crippen molar-refractivity contribution in [1.29, 1.82) is 0 Å². The monoisotopic (exact) mass is 252 g/mol. The van der Waals surface area contributed by atoms with Crippen LogP contribution in [-0.2, 0) is 11.4 Å². The summed E-state index contributed by atoms with van der Waals surface area (Å²) in [4.78, 5) is 27.7. The molecule has 1 amide bonds. The molecule has 0 spiro atoms. The van der Waals surface area contributed by atoms with Crippen LogP contribution in [0.1, 0.15) is 18.5 Å². The van der Waals surface area contributed by atoms with Crippen molar-refractivity contribution in [3.63, 3.8) is 0 Å². The van der Waals surface area contributed by atoms with Gasteiger partial charge < -0.3 is 19.7 Å². The van der Waals surface area contributed by atoms with Gasteiger partial charge in [-0.3, -0.25) is 9.59 Å². The minimum Gasteiger partial charge on any atom is -0.478 e. The molecule has 2 rings (SSSR count). The number of aliphatic hydroxyl groups is 1. The fraction of sp³-hybridized carbons (Fsp3) is 0.500. The number of nitrogens with zero attached hydrogens (tertiary/aromatic N) is 1. The van der Waals surface area contributed by atoms with E-state index >= 15 is 0 Å². The first-order valence-electron chi connectivity index (χ1n) is 5.94. The molecule has 1 fully saturated rings. The lowest BCUT2D eigenvalue weighted by Gasteiger charge is -2.15. The van der Waals surface area contributed by atoms with E-state index in [-0.39, 0.29) is 30.3 Å². The number of aromatic amines is 1. The van der Waals surface area contributed by atoms with Crippen LogP contribution < -0.4 is 10.2 Å². The summed E-state index contributed by atoms with van der Waals surface area (Å²) < 4.78 is 5.19. The first-order chi connectivity index (χ1) is 8.70. The van der Waals surface area contributed by atoms with Gasteiger partial charge in [-0.2, -0.15) is 0 Å². The van der Waals surface area contributed by atoms with Gasteiger partial charge in [-0.15, -0.1) is 0 Å². The van der Waals surface area contributed by atoms with Crippen molar-refractivity contribution in [2.45, 2.75) is 19.4 Å². The Bertz CT molecular complexity index is 477. The fourth-order valence-electron chi connectivity index (χ4n) is 1.90. The van der Waals surface area contributed by atoms with E-state index in [2.05, 4.69) is 4.98 Å². The number of hydrogen-bond donors (Lipinski definition) is 2. The normalized spacial score (nSPS) is 14.8. The van der Waals surface area contributed by atoms with Gasteiger partial charge in [-0.05, 0) is 12.8 Å². The zero-order valence-electron chi connectivity index (χ0n) is 10.0. The number of likely N-dealkylation sites (tertiary alicyclic amines) is 1. The van der Waals surface area contributed by atoms with Crippen LogP contribution in [0.5, 0.6) is 5.75 Å². The minimum atomic E-state index is -0.341. The van der Waals surface area contributed by atoms with E-state index in [1.54, 1.807) is 4.90 Å². The average molecular weight is 252 g/mol. The van der Waals surface area contributed by atoms with E-state index < -0.39 is 0 Å². The summed E-state index contributed by atoms with van der Waals surface area (Å²) >= 11 is 0. The second-order valence-corrected chi connectivity index (χ2v) is 4.22. The molecule has 1 aliphatic heterocycles. The Balaban J connectivity index is 1.93. The predicted molar refractivity (Wildman–Crippen MR) is 64.3 cm³/mol. The summed E-state index contributed by atoms with van der Waals surface area (Å²) in [5.41, 5.74) is 0.0743. The van der Waals surface area contributed by atoms with E-state index in [1.807, 2.05) is 0 Å². The lowest BCUT2D eigenvalue weighted by atomic mass is 10.3. The molecule has 2 N–H and O–H groups in total. The molecule has 0 aliphatic carbocycles. The van der Waals surface area contributed by atoms with Gasteiger partial charge in [0.05, 0.1) is 6.61 Å². The van der Waals surface area contributed by atoms with Crippen LogP contribution in [0.25, 0.3) is 0 Å². The molecular weight excluding hydrogens is 236 g/mol. The van der Waals surface area contributed by atoms with Crippen molar-refractivity contribution in [2.75, 3.05) is 19.7 Å². The zero-order valence-corrected chi connectivity index (χ0v) is 10.0. The molecule has 0 radical (unpaired) electrons. The molecule has 98 valence electrons. The molecule has 2 heterocycles. The maximum Gasteiger partial charge on any atom is 0.260 e. The summed E-state index contributed by atoms with van der Waals surface area (Å²) in [5.74, 6) is -0.00196. The highest BCUT2D eigenvalue weighted by molar-refractivity contribution is 5.77. The molecule has 0 unspecified atom stereocenters. The number of H-pyrrole nitrogens is 1. The van der Waals surface area contributed by atoms with Crippen molar-refractivity contribution < 1.29 is 14.6 Å². The van der Waals surface area contributed by atoms with Gasteiger partial charge >= 0.3 is 0 Å². The lowest BCUT2D eigenvalue weighted by molar-refractivity contribution is -0.132. The fourth-order valence-corrected chi connectivity index (χ4v) is 1.90. The van der Waals surface area contributed by atoms with Gasteiger partial charge in [-0.25, -0.2) is 0 Å².